The highest BCUT2D eigenvalue weighted by Gasteiger charge is 2.17. The summed E-state index contributed by atoms with van der Waals surface area (Å²) in [6.45, 7) is 0. The Balaban J connectivity index is 3.08. The van der Waals surface area contributed by atoms with Crippen LogP contribution in [0.5, 0.6) is 11.5 Å². The van der Waals surface area contributed by atoms with E-state index in [4.69, 9.17) is 15.6 Å². The van der Waals surface area contributed by atoms with Gasteiger partial charge >= 0.3 is 5.97 Å². The van der Waals surface area contributed by atoms with Crippen molar-refractivity contribution in [3.8, 4) is 11.5 Å². The quantitative estimate of drug-likeness (QED) is 0.784. The van der Waals surface area contributed by atoms with Crippen LogP contribution in [0.1, 0.15) is 18.0 Å². The zero-order valence-corrected chi connectivity index (χ0v) is 10.2. The van der Waals surface area contributed by atoms with Crippen LogP contribution in [0.15, 0.2) is 16.6 Å². The van der Waals surface area contributed by atoms with Gasteiger partial charge in [0, 0.05) is 11.6 Å². The minimum absolute atomic E-state index is 0.0542. The highest BCUT2D eigenvalue weighted by Crippen LogP contribution is 2.35. The van der Waals surface area contributed by atoms with E-state index in [-0.39, 0.29) is 12.2 Å². The second kappa shape index (κ2) is 5.18. The number of methoxy groups -OCH3 is 1. The average Bonchev–Trinajstić information content (AvgIpc) is 2.16. The van der Waals surface area contributed by atoms with Crippen molar-refractivity contribution in [3.05, 3.63) is 22.2 Å². The Bertz CT molecular complexity index is 408. The van der Waals surface area contributed by atoms with Crippen LogP contribution in [0, 0.1) is 0 Å². The number of aromatic hydroxyl groups is 1. The van der Waals surface area contributed by atoms with Gasteiger partial charge in [-0.15, -0.1) is 0 Å². The molecule has 0 amide bonds. The molecule has 0 aliphatic carbocycles. The fraction of sp³-hybridized carbons (Fsp3) is 0.300. The van der Waals surface area contributed by atoms with Crippen molar-refractivity contribution in [2.75, 3.05) is 7.11 Å². The molecule has 0 spiro atoms. The van der Waals surface area contributed by atoms with E-state index >= 15 is 0 Å². The number of aliphatic carboxylic acids is 1. The first kappa shape index (κ1) is 12.8. The van der Waals surface area contributed by atoms with Gasteiger partial charge in [-0.2, -0.15) is 0 Å². The lowest BCUT2D eigenvalue weighted by molar-refractivity contribution is -0.137. The number of benzene rings is 1. The number of carboxylic acid groups (broad SMARTS) is 1. The molecule has 4 N–H and O–H groups in total. The van der Waals surface area contributed by atoms with Gasteiger partial charge in [-0.25, -0.2) is 0 Å². The molecule has 1 rings (SSSR count). The monoisotopic (exact) mass is 289 g/mol. The standard InChI is InChI=1S/C10H12BrNO4/c1-16-9-2-5(7(12)4-10(14)15)8(13)3-6(9)11/h2-3,7,13H,4,12H2,1H3,(H,14,15). The van der Waals surface area contributed by atoms with Gasteiger partial charge in [-0.3, -0.25) is 4.79 Å². The summed E-state index contributed by atoms with van der Waals surface area (Å²) in [5.74, 6) is -0.580. The number of phenols is 1. The lowest BCUT2D eigenvalue weighted by atomic mass is 10.0. The Morgan fingerprint density at radius 1 is 1.62 bits per heavy atom. The third-order valence-corrected chi connectivity index (χ3v) is 2.71. The molecule has 0 saturated heterocycles. The van der Waals surface area contributed by atoms with Crippen LogP contribution in [-0.4, -0.2) is 23.3 Å². The molecular weight excluding hydrogens is 278 g/mol. The van der Waals surface area contributed by atoms with E-state index in [1.807, 2.05) is 0 Å². The lowest BCUT2D eigenvalue weighted by Gasteiger charge is -2.14. The zero-order chi connectivity index (χ0) is 12.3. The van der Waals surface area contributed by atoms with Crippen molar-refractivity contribution < 1.29 is 19.7 Å². The first-order chi connectivity index (χ1) is 7.45. The lowest BCUT2D eigenvalue weighted by Crippen LogP contribution is -2.15. The summed E-state index contributed by atoms with van der Waals surface area (Å²) in [6, 6.07) is 2.18. The summed E-state index contributed by atoms with van der Waals surface area (Å²) < 4.78 is 5.62. The number of hydrogen-bond donors (Lipinski definition) is 3. The molecule has 0 radical (unpaired) electrons. The second-order valence-corrected chi connectivity index (χ2v) is 4.10. The van der Waals surface area contributed by atoms with Gasteiger partial charge in [0.15, 0.2) is 0 Å². The Labute approximate surface area is 101 Å². The highest BCUT2D eigenvalue weighted by atomic mass is 79.9. The van der Waals surface area contributed by atoms with Crippen molar-refractivity contribution in [2.45, 2.75) is 12.5 Å². The first-order valence-electron chi connectivity index (χ1n) is 4.49. The summed E-state index contributed by atoms with van der Waals surface area (Å²) in [4.78, 5) is 10.5. The molecule has 0 aromatic heterocycles. The van der Waals surface area contributed by atoms with Crippen molar-refractivity contribution in [1.82, 2.24) is 0 Å². The van der Waals surface area contributed by atoms with E-state index in [1.54, 1.807) is 0 Å². The van der Waals surface area contributed by atoms with Gasteiger partial charge in [0.1, 0.15) is 11.5 Å². The molecule has 1 atom stereocenters. The fourth-order valence-electron chi connectivity index (χ4n) is 1.31. The minimum Gasteiger partial charge on any atom is -0.508 e. The number of hydrogen-bond acceptors (Lipinski definition) is 4. The van der Waals surface area contributed by atoms with Crippen LogP contribution in [0.2, 0.25) is 0 Å². The molecule has 1 unspecified atom stereocenters. The predicted octanol–water partition coefficient (Wildman–Crippen LogP) is 1.64. The molecule has 0 aliphatic rings. The molecular formula is C10H12BrNO4. The maximum atomic E-state index is 10.5. The van der Waals surface area contributed by atoms with E-state index in [1.165, 1.54) is 19.2 Å². The number of carbonyl (C=O) groups is 1. The smallest absolute Gasteiger partial charge is 0.305 e. The van der Waals surface area contributed by atoms with Crippen molar-refractivity contribution in [2.24, 2.45) is 5.73 Å². The Morgan fingerprint density at radius 3 is 2.75 bits per heavy atom. The Kier molecular flexibility index (Phi) is 4.14. The summed E-state index contributed by atoms with van der Waals surface area (Å²) in [5.41, 5.74) is 6.01. The number of phenolic OH excluding ortho intramolecular Hbond substituents is 1. The van der Waals surface area contributed by atoms with Crippen LogP contribution in [0.3, 0.4) is 0 Å². The molecule has 16 heavy (non-hydrogen) atoms. The zero-order valence-electron chi connectivity index (χ0n) is 8.61. The maximum Gasteiger partial charge on any atom is 0.305 e. The van der Waals surface area contributed by atoms with E-state index < -0.39 is 12.0 Å². The number of halogens is 1. The van der Waals surface area contributed by atoms with Crippen LogP contribution < -0.4 is 10.5 Å². The van der Waals surface area contributed by atoms with E-state index in [2.05, 4.69) is 15.9 Å². The van der Waals surface area contributed by atoms with Crippen LogP contribution in [-0.2, 0) is 4.79 Å². The number of nitrogens with two attached hydrogens (primary N) is 1. The van der Waals surface area contributed by atoms with Crippen LogP contribution in [0.4, 0.5) is 0 Å². The van der Waals surface area contributed by atoms with Crippen LogP contribution in [0.25, 0.3) is 0 Å². The fourth-order valence-corrected chi connectivity index (χ4v) is 1.80. The van der Waals surface area contributed by atoms with Crippen LogP contribution >= 0.6 is 15.9 Å². The first-order valence-corrected chi connectivity index (χ1v) is 5.28. The van der Waals surface area contributed by atoms with Gasteiger partial charge in [0.25, 0.3) is 0 Å². The number of rotatable bonds is 4. The molecule has 0 heterocycles. The molecule has 1 aromatic rings. The molecule has 1 aromatic carbocycles. The van der Waals surface area contributed by atoms with Gasteiger partial charge < -0.3 is 20.7 Å². The van der Waals surface area contributed by atoms with Crippen molar-refractivity contribution in [1.29, 1.82) is 0 Å². The van der Waals surface area contributed by atoms with Gasteiger partial charge in [0.2, 0.25) is 0 Å². The second-order valence-electron chi connectivity index (χ2n) is 3.25. The average molecular weight is 290 g/mol. The van der Waals surface area contributed by atoms with E-state index in [9.17, 15) is 9.90 Å². The Hall–Kier alpha value is -1.27. The molecule has 5 nitrogen and oxygen atoms in total. The highest BCUT2D eigenvalue weighted by molar-refractivity contribution is 9.10. The number of carboxylic acids is 1. The molecule has 0 aliphatic heterocycles. The minimum atomic E-state index is -1.02. The third kappa shape index (κ3) is 2.86. The predicted molar refractivity (Wildman–Crippen MR) is 61.5 cm³/mol. The van der Waals surface area contributed by atoms with Crippen molar-refractivity contribution in [3.63, 3.8) is 0 Å². The summed E-state index contributed by atoms with van der Waals surface area (Å²) in [6.07, 6.45) is -0.252. The largest absolute Gasteiger partial charge is 0.508 e. The van der Waals surface area contributed by atoms with E-state index in [0.717, 1.165) is 0 Å². The van der Waals surface area contributed by atoms with Gasteiger partial charge in [0.05, 0.1) is 18.0 Å². The molecule has 0 fully saturated rings. The molecule has 88 valence electrons. The van der Waals surface area contributed by atoms with Gasteiger partial charge in [-0.05, 0) is 28.1 Å². The SMILES string of the molecule is COc1cc(C(N)CC(=O)O)c(O)cc1Br. The Morgan fingerprint density at radius 2 is 2.25 bits per heavy atom. The summed E-state index contributed by atoms with van der Waals surface area (Å²) in [5, 5.41) is 18.3. The molecule has 0 saturated carbocycles. The summed E-state index contributed by atoms with van der Waals surface area (Å²) >= 11 is 3.20. The van der Waals surface area contributed by atoms with Crippen molar-refractivity contribution >= 4 is 21.9 Å². The summed E-state index contributed by atoms with van der Waals surface area (Å²) in [7, 11) is 1.48. The van der Waals surface area contributed by atoms with Gasteiger partial charge in [-0.1, -0.05) is 0 Å². The molecule has 0 bridgehead atoms. The number of ether oxygens (including phenoxy) is 1. The normalized spacial score (nSPS) is 12.2. The third-order valence-electron chi connectivity index (χ3n) is 2.10. The molecule has 6 heteroatoms. The maximum absolute atomic E-state index is 10.5. The van der Waals surface area contributed by atoms with E-state index in [0.29, 0.717) is 15.8 Å². The topological polar surface area (TPSA) is 92.8 Å².